The van der Waals surface area contributed by atoms with E-state index in [1.807, 2.05) is 50.2 Å². The molecule has 3 unspecified atom stereocenters. The molecule has 0 aliphatic carbocycles. The van der Waals surface area contributed by atoms with Gasteiger partial charge in [0, 0.05) is 20.9 Å². The standard InChI is InChI=1S/C30H32Cl3O4PS2/c1-4-6-7-8-14-40(35)29-11-9-10-22-15-21-12-13-25(16-23(21)17-26(22)29)36-38(34,39-20(3)5-2)37-30-27(32)18-24(31)19-28(30)33/h9-13,15-20H,4-8,14H2,1-3H3. The van der Waals surface area contributed by atoms with Crippen molar-refractivity contribution < 1.29 is 17.8 Å². The summed E-state index contributed by atoms with van der Waals surface area (Å²) in [6.45, 7) is 2.30. The van der Waals surface area contributed by atoms with E-state index in [1.165, 1.54) is 12.1 Å². The fourth-order valence-electron chi connectivity index (χ4n) is 4.21. The molecule has 0 heterocycles. The zero-order valence-corrected chi connectivity index (χ0v) is 27.4. The molecule has 0 spiro atoms. The van der Waals surface area contributed by atoms with Gasteiger partial charge in [0.2, 0.25) is 0 Å². The van der Waals surface area contributed by atoms with E-state index in [4.69, 9.17) is 43.9 Å². The fraction of sp³-hybridized carbons (Fsp3) is 0.333. The van der Waals surface area contributed by atoms with E-state index in [1.54, 1.807) is 6.07 Å². The number of benzene rings is 4. The van der Waals surface area contributed by atoms with Crippen molar-refractivity contribution in [1.82, 2.24) is 0 Å². The third-order valence-corrected chi connectivity index (χ3v) is 12.8. The maximum absolute atomic E-state index is 14.1. The summed E-state index contributed by atoms with van der Waals surface area (Å²) in [5.41, 5.74) is 0. The second kappa shape index (κ2) is 14.2. The normalized spacial score (nSPS) is 14.7. The SMILES string of the molecule is CCCCCCS(=O)c1cccc2cc3ccc(OP(=O)(Oc4c(Cl)cc(Cl)cc4Cl)SC(C)CC)cc3cc12. The van der Waals surface area contributed by atoms with Gasteiger partial charge in [-0.3, -0.25) is 4.21 Å². The molecule has 0 aliphatic heterocycles. The summed E-state index contributed by atoms with van der Waals surface area (Å²) in [4.78, 5) is 0.829. The first-order valence-corrected chi connectivity index (χ1v) is 18.8. The Morgan fingerprint density at radius 1 is 0.875 bits per heavy atom. The second-order valence-corrected chi connectivity index (χ2v) is 16.6. The first kappa shape index (κ1) is 31.5. The monoisotopic (exact) mass is 656 g/mol. The van der Waals surface area contributed by atoms with Gasteiger partial charge < -0.3 is 9.05 Å². The number of unbranched alkanes of at least 4 members (excludes halogenated alkanes) is 3. The Labute approximate surface area is 257 Å². The van der Waals surface area contributed by atoms with Crippen molar-refractivity contribution in [3.8, 4) is 11.5 Å². The molecule has 0 radical (unpaired) electrons. The first-order chi connectivity index (χ1) is 19.1. The van der Waals surface area contributed by atoms with E-state index in [0.29, 0.717) is 16.5 Å². The Morgan fingerprint density at radius 3 is 2.33 bits per heavy atom. The number of hydrogen-bond acceptors (Lipinski definition) is 5. The van der Waals surface area contributed by atoms with Crippen LogP contribution >= 0.6 is 53.0 Å². The topological polar surface area (TPSA) is 52.6 Å². The minimum absolute atomic E-state index is 0.0186. The second-order valence-electron chi connectivity index (χ2n) is 9.60. The molecule has 0 saturated heterocycles. The molecule has 3 atom stereocenters. The van der Waals surface area contributed by atoms with Crippen LogP contribution in [0.1, 0.15) is 52.9 Å². The number of halogens is 3. The van der Waals surface area contributed by atoms with Crippen LogP contribution in [0.15, 0.2) is 65.6 Å². The summed E-state index contributed by atoms with van der Waals surface area (Å²) in [7, 11) is -1.10. The molecule has 214 valence electrons. The number of rotatable bonds is 13. The van der Waals surface area contributed by atoms with Gasteiger partial charge >= 0.3 is 6.80 Å². The quantitative estimate of drug-likeness (QED) is 0.0813. The summed E-state index contributed by atoms with van der Waals surface area (Å²) in [5, 5.41) is 4.44. The van der Waals surface area contributed by atoms with Crippen LogP contribution in [-0.2, 0) is 15.4 Å². The molecular weight excluding hydrogens is 626 g/mol. The lowest BCUT2D eigenvalue weighted by Gasteiger charge is -2.22. The molecule has 0 N–H and O–H groups in total. The summed E-state index contributed by atoms with van der Waals surface area (Å²) >= 11 is 19.8. The van der Waals surface area contributed by atoms with Gasteiger partial charge in [-0.25, -0.2) is 4.57 Å². The smallest absolute Gasteiger partial charge is 0.408 e. The van der Waals surface area contributed by atoms with Crippen LogP contribution in [0.4, 0.5) is 0 Å². The summed E-state index contributed by atoms with van der Waals surface area (Å²) < 4.78 is 39.3. The maximum Gasteiger partial charge on any atom is 0.493 e. The lowest BCUT2D eigenvalue weighted by Crippen LogP contribution is -2.03. The molecule has 0 fully saturated rings. The summed E-state index contributed by atoms with van der Waals surface area (Å²) in [5.74, 6) is 1.08. The first-order valence-electron chi connectivity index (χ1n) is 13.3. The molecule has 4 aromatic rings. The van der Waals surface area contributed by atoms with Crippen LogP contribution in [-0.4, -0.2) is 15.2 Å². The van der Waals surface area contributed by atoms with Crippen molar-refractivity contribution >= 4 is 85.3 Å². The Kier molecular flexibility index (Phi) is 11.2. The van der Waals surface area contributed by atoms with Crippen LogP contribution in [0.5, 0.6) is 11.5 Å². The molecular formula is C30H32Cl3O4PS2. The van der Waals surface area contributed by atoms with E-state index in [2.05, 4.69) is 13.0 Å². The molecule has 4 rings (SSSR count). The van der Waals surface area contributed by atoms with Crippen molar-refractivity contribution in [3.63, 3.8) is 0 Å². The van der Waals surface area contributed by atoms with Crippen LogP contribution in [0.25, 0.3) is 21.5 Å². The van der Waals surface area contributed by atoms with E-state index >= 15 is 0 Å². The highest BCUT2D eigenvalue weighted by Crippen LogP contribution is 2.63. The van der Waals surface area contributed by atoms with Gasteiger partial charge in [0.15, 0.2) is 5.75 Å². The predicted molar refractivity (Wildman–Crippen MR) is 175 cm³/mol. The predicted octanol–water partition coefficient (Wildman–Crippen LogP) is 11.7. The van der Waals surface area contributed by atoms with Crippen molar-refractivity contribution in [2.45, 2.75) is 63.0 Å². The average molecular weight is 658 g/mol. The van der Waals surface area contributed by atoms with Gasteiger partial charge in [-0.15, -0.1) is 0 Å². The van der Waals surface area contributed by atoms with Crippen LogP contribution in [0, 0.1) is 0 Å². The Morgan fingerprint density at radius 2 is 1.62 bits per heavy atom. The van der Waals surface area contributed by atoms with Gasteiger partial charge in [-0.1, -0.05) is 93.0 Å². The highest BCUT2D eigenvalue weighted by atomic mass is 35.5. The van der Waals surface area contributed by atoms with Crippen LogP contribution < -0.4 is 9.05 Å². The molecule has 0 bridgehead atoms. The van der Waals surface area contributed by atoms with Gasteiger partial charge in [0.05, 0.1) is 20.8 Å². The molecule has 4 nitrogen and oxygen atoms in total. The number of fused-ring (bicyclic) bond motifs is 2. The Hall–Kier alpha value is -1.40. The third kappa shape index (κ3) is 7.91. The zero-order chi connectivity index (χ0) is 28.9. The minimum atomic E-state index is -3.82. The van der Waals surface area contributed by atoms with Crippen molar-refractivity contribution in [2.75, 3.05) is 5.75 Å². The van der Waals surface area contributed by atoms with Crippen molar-refractivity contribution in [3.05, 3.63) is 75.7 Å². The third-order valence-electron chi connectivity index (χ3n) is 6.46. The van der Waals surface area contributed by atoms with E-state index < -0.39 is 17.6 Å². The van der Waals surface area contributed by atoms with Crippen LogP contribution in [0.2, 0.25) is 15.1 Å². The molecule has 10 heteroatoms. The molecule has 0 saturated carbocycles. The molecule has 0 aromatic heterocycles. The molecule has 40 heavy (non-hydrogen) atoms. The van der Waals surface area contributed by atoms with E-state index in [0.717, 1.165) is 69.9 Å². The number of hydrogen-bond donors (Lipinski definition) is 0. The Bertz CT molecular complexity index is 1560. The molecule has 0 aliphatic rings. The van der Waals surface area contributed by atoms with Crippen molar-refractivity contribution in [1.29, 1.82) is 0 Å². The van der Waals surface area contributed by atoms with Gasteiger partial charge in [-0.05, 0) is 88.2 Å². The average Bonchev–Trinajstić information content (AvgIpc) is 2.91. The molecule has 0 amide bonds. The maximum atomic E-state index is 14.1. The largest absolute Gasteiger partial charge is 0.493 e. The fourth-order valence-corrected chi connectivity index (χ4v) is 10.6. The summed E-state index contributed by atoms with van der Waals surface area (Å²) in [6.07, 6.45) is 5.07. The van der Waals surface area contributed by atoms with E-state index in [-0.39, 0.29) is 21.0 Å². The van der Waals surface area contributed by atoms with Crippen molar-refractivity contribution in [2.24, 2.45) is 0 Å². The van der Waals surface area contributed by atoms with Gasteiger partial charge in [0.1, 0.15) is 5.75 Å². The molecule has 4 aromatic carbocycles. The minimum Gasteiger partial charge on any atom is -0.408 e. The van der Waals surface area contributed by atoms with Gasteiger partial charge in [-0.2, -0.15) is 0 Å². The van der Waals surface area contributed by atoms with Gasteiger partial charge in [0.25, 0.3) is 0 Å². The summed E-state index contributed by atoms with van der Waals surface area (Å²) in [6, 6.07) is 18.5. The lowest BCUT2D eigenvalue weighted by molar-refractivity contribution is 0.408. The van der Waals surface area contributed by atoms with E-state index in [9.17, 15) is 8.77 Å². The zero-order valence-electron chi connectivity index (χ0n) is 22.6. The van der Waals surface area contributed by atoms with Crippen LogP contribution in [0.3, 0.4) is 0 Å². The highest BCUT2D eigenvalue weighted by molar-refractivity contribution is 8.55. The lowest BCUT2D eigenvalue weighted by atomic mass is 10.0. The Balaban J connectivity index is 1.68. The highest BCUT2D eigenvalue weighted by Gasteiger charge is 2.34.